The minimum atomic E-state index is -0.379. The Bertz CT molecular complexity index is 616. The van der Waals surface area contributed by atoms with Gasteiger partial charge in [-0.15, -0.1) is 0 Å². The Kier molecular flexibility index (Phi) is 2.86. The van der Waals surface area contributed by atoms with Crippen LogP contribution in [0.3, 0.4) is 0 Å². The van der Waals surface area contributed by atoms with Crippen LogP contribution in [-0.2, 0) is 4.74 Å². The van der Waals surface area contributed by atoms with Gasteiger partial charge in [0, 0.05) is 18.8 Å². The van der Waals surface area contributed by atoms with Gasteiger partial charge in [0.15, 0.2) is 0 Å². The zero-order valence-electron chi connectivity index (χ0n) is 11.3. The first-order chi connectivity index (χ1) is 9.86. The maximum absolute atomic E-state index is 10.9. The molecule has 1 saturated heterocycles. The van der Waals surface area contributed by atoms with Crippen LogP contribution in [0.25, 0.3) is 11.3 Å². The summed E-state index contributed by atoms with van der Waals surface area (Å²) in [5.41, 5.74) is 3.52. The highest BCUT2D eigenvalue weighted by Crippen LogP contribution is 2.43. The zero-order valence-corrected chi connectivity index (χ0v) is 11.3. The average Bonchev–Trinajstić information content (AvgIpc) is 3.08. The zero-order chi connectivity index (χ0) is 13.5. The Morgan fingerprint density at radius 2 is 2.05 bits per heavy atom. The van der Waals surface area contributed by atoms with Gasteiger partial charge in [0.05, 0.1) is 30.4 Å². The van der Waals surface area contributed by atoms with Crippen LogP contribution in [0.2, 0.25) is 0 Å². The van der Waals surface area contributed by atoms with E-state index in [9.17, 15) is 5.11 Å². The molecule has 20 heavy (non-hydrogen) atoms. The van der Waals surface area contributed by atoms with E-state index in [1.807, 2.05) is 24.7 Å². The number of aliphatic hydroxyl groups excluding tert-OH is 1. The van der Waals surface area contributed by atoms with E-state index in [2.05, 4.69) is 21.7 Å². The molecule has 0 radical (unpaired) electrons. The lowest BCUT2D eigenvalue weighted by Crippen LogP contribution is -2.34. The molecule has 2 aliphatic rings. The van der Waals surface area contributed by atoms with Crippen molar-refractivity contribution < 1.29 is 9.84 Å². The molecule has 1 aromatic carbocycles. The number of ether oxygens (including phenoxy) is 1. The van der Waals surface area contributed by atoms with Crippen molar-refractivity contribution in [2.45, 2.75) is 25.0 Å². The number of hydrogen-bond acceptors (Lipinski definition) is 3. The topological polar surface area (TPSA) is 47.3 Å². The maximum atomic E-state index is 10.9. The number of imidazole rings is 1. The molecular weight excluding hydrogens is 252 g/mol. The Balaban J connectivity index is 1.74. The Morgan fingerprint density at radius 1 is 1.25 bits per heavy atom. The van der Waals surface area contributed by atoms with Gasteiger partial charge in [-0.1, -0.05) is 24.3 Å². The molecule has 104 valence electrons. The highest BCUT2D eigenvalue weighted by molar-refractivity contribution is 5.69. The van der Waals surface area contributed by atoms with Crippen molar-refractivity contribution in [2.24, 2.45) is 5.92 Å². The number of aliphatic hydroxyl groups is 1. The summed E-state index contributed by atoms with van der Waals surface area (Å²) in [5.74, 6) is 0.301. The molecule has 0 saturated carbocycles. The first kappa shape index (κ1) is 12.1. The van der Waals surface area contributed by atoms with Gasteiger partial charge in [-0.05, 0) is 24.3 Å². The fourth-order valence-electron chi connectivity index (χ4n) is 3.54. The number of benzene rings is 1. The molecule has 0 bridgehead atoms. The summed E-state index contributed by atoms with van der Waals surface area (Å²) in [5, 5.41) is 10.9. The predicted molar refractivity (Wildman–Crippen MR) is 75.4 cm³/mol. The summed E-state index contributed by atoms with van der Waals surface area (Å²) >= 11 is 0. The second-order valence-electron chi connectivity index (χ2n) is 5.66. The highest BCUT2D eigenvalue weighted by atomic mass is 16.5. The number of rotatable bonds is 2. The fourth-order valence-corrected chi connectivity index (χ4v) is 3.54. The van der Waals surface area contributed by atoms with Crippen molar-refractivity contribution in [3.63, 3.8) is 0 Å². The molecular formula is C16H18N2O2. The molecule has 2 aliphatic heterocycles. The number of hydrogen-bond donors (Lipinski definition) is 1. The van der Waals surface area contributed by atoms with Crippen molar-refractivity contribution in [3.05, 3.63) is 42.4 Å². The number of aromatic nitrogens is 2. The molecule has 0 amide bonds. The van der Waals surface area contributed by atoms with Gasteiger partial charge in [-0.25, -0.2) is 4.98 Å². The third-order valence-corrected chi connectivity index (χ3v) is 4.59. The largest absolute Gasteiger partial charge is 0.390 e. The summed E-state index contributed by atoms with van der Waals surface area (Å²) < 4.78 is 7.52. The van der Waals surface area contributed by atoms with E-state index < -0.39 is 0 Å². The first-order valence-corrected chi connectivity index (χ1v) is 7.23. The van der Waals surface area contributed by atoms with Gasteiger partial charge in [-0.2, -0.15) is 0 Å². The van der Waals surface area contributed by atoms with Crippen molar-refractivity contribution in [1.82, 2.24) is 9.55 Å². The van der Waals surface area contributed by atoms with E-state index >= 15 is 0 Å². The van der Waals surface area contributed by atoms with E-state index in [0.29, 0.717) is 5.92 Å². The minimum Gasteiger partial charge on any atom is -0.390 e. The van der Waals surface area contributed by atoms with Gasteiger partial charge < -0.3 is 14.4 Å². The molecule has 4 rings (SSSR count). The van der Waals surface area contributed by atoms with E-state index in [1.54, 1.807) is 0 Å². The van der Waals surface area contributed by atoms with Crippen LogP contribution in [0.4, 0.5) is 0 Å². The SMILES string of the molecule is OC(C1CCOCC1)C1c2ccccc2-c2cncn21. The molecule has 1 N–H and O–H groups in total. The quantitative estimate of drug-likeness (QED) is 0.910. The maximum Gasteiger partial charge on any atom is 0.0957 e. The van der Waals surface area contributed by atoms with E-state index in [-0.39, 0.29) is 12.1 Å². The minimum absolute atomic E-state index is 0.00759. The Morgan fingerprint density at radius 3 is 2.90 bits per heavy atom. The van der Waals surface area contributed by atoms with Crippen molar-refractivity contribution in [3.8, 4) is 11.3 Å². The highest BCUT2D eigenvalue weighted by Gasteiger charge is 2.37. The molecule has 0 aliphatic carbocycles. The number of fused-ring (bicyclic) bond motifs is 3. The molecule has 1 aromatic heterocycles. The summed E-state index contributed by atoms with van der Waals surface area (Å²) in [7, 11) is 0. The van der Waals surface area contributed by atoms with Crippen molar-refractivity contribution >= 4 is 0 Å². The lowest BCUT2D eigenvalue weighted by molar-refractivity contribution is -0.00620. The van der Waals surface area contributed by atoms with Crippen LogP contribution < -0.4 is 0 Å². The van der Waals surface area contributed by atoms with E-state index in [0.717, 1.165) is 31.7 Å². The van der Waals surface area contributed by atoms with Gasteiger partial charge in [0.25, 0.3) is 0 Å². The molecule has 2 aromatic rings. The summed E-state index contributed by atoms with van der Waals surface area (Å²) in [4.78, 5) is 4.25. The molecule has 2 atom stereocenters. The van der Waals surface area contributed by atoms with Crippen LogP contribution >= 0.6 is 0 Å². The monoisotopic (exact) mass is 270 g/mol. The van der Waals surface area contributed by atoms with Crippen LogP contribution in [0, 0.1) is 5.92 Å². The predicted octanol–water partition coefficient (Wildman–Crippen LogP) is 2.24. The first-order valence-electron chi connectivity index (χ1n) is 7.23. The summed E-state index contributed by atoms with van der Waals surface area (Å²) in [6, 6.07) is 8.31. The van der Waals surface area contributed by atoms with Gasteiger partial charge in [0.2, 0.25) is 0 Å². The lowest BCUT2D eigenvalue weighted by Gasteiger charge is -2.31. The van der Waals surface area contributed by atoms with Gasteiger partial charge >= 0.3 is 0 Å². The molecule has 1 fully saturated rings. The number of nitrogens with zero attached hydrogens (tertiary/aromatic N) is 2. The smallest absolute Gasteiger partial charge is 0.0957 e. The standard InChI is InChI=1S/C16H18N2O2/c19-16(11-5-7-20-8-6-11)15-13-4-2-1-3-12(13)14-9-17-10-18(14)15/h1-4,9-11,15-16,19H,5-8H2. The Hall–Kier alpha value is -1.65. The third kappa shape index (κ3) is 1.72. The summed E-state index contributed by atoms with van der Waals surface area (Å²) in [6.07, 6.45) is 5.21. The van der Waals surface area contributed by atoms with E-state index in [4.69, 9.17) is 4.74 Å². The van der Waals surface area contributed by atoms with Crippen LogP contribution in [0.1, 0.15) is 24.4 Å². The second kappa shape index (κ2) is 4.72. The van der Waals surface area contributed by atoms with Crippen LogP contribution in [0.15, 0.2) is 36.8 Å². The van der Waals surface area contributed by atoms with Crippen LogP contribution in [0.5, 0.6) is 0 Å². The third-order valence-electron chi connectivity index (χ3n) is 4.59. The molecule has 4 heteroatoms. The van der Waals surface area contributed by atoms with E-state index in [1.165, 1.54) is 11.1 Å². The van der Waals surface area contributed by atoms with Crippen LogP contribution in [-0.4, -0.2) is 34.0 Å². The second-order valence-corrected chi connectivity index (χ2v) is 5.66. The molecule has 3 heterocycles. The normalized spacial score (nSPS) is 23.4. The van der Waals surface area contributed by atoms with Gasteiger partial charge in [-0.3, -0.25) is 0 Å². The Labute approximate surface area is 118 Å². The molecule has 2 unspecified atom stereocenters. The lowest BCUT2D eigenvalue weighted by atomic mass is 9.86. The molecule has 4 nitrogen and oxygen atoms in total. The van der Waals surface area contributed by atoms with Crippen molar-refractivity contribution in [1.29, 1.82) is 0 Å². The molecule has 0 spiro atoms. The summed E-state index contributed by atoms with van der Waals surface area (Å²) in [6.45, 7) is 1.51. The van der Waals surface area contributed by atoms with Crippen molar-refractivity contribution in [2.75, 3.05) is 13.2 Å². The average molecular weight is 270 g/mol. The van der Waals surface area contributed by atoms with Gasteiger partial charge in [0.1, 0.15) is 0 Å². The fraction of sp³-hybridized carbons (Fsp3) is 0.438.